The molecule has 1 aromatic heterocycles. The number of aliphatic carboxylic acids is 1. The molecule has 4 heterocycles. The fourth-order valence-electron chi connectivity index (χ4n) is 6.39. The number of halogens is 1. The summed E-state index contributed by atoms with van der Waals surface area (Å²) in [6, 6.07) is 3.93. The van der Waals surface area contributed by atoms with Crippen LogP contribution in [0.15, 0.2) is 18.2 Å². The molecule has 3 atom stereocenters. The Bertz CT molecular complexity index is 1250. The van der Waals surface area contributed by atoms with Crippen LogP contribution in [0.1, 0.15) is 73.5 Å². The SMILES string of the molecule is COc1cc(CCCCOC2CCN(C(C(=O)O)c3cc(F)cc4c3CC(C(C)(C)OC)OC4)C2)nc2c1CCCN2. The summed E-state index contributed by atoms with van der Waals surface area (Å²) in [6.07, 6.45) is 5.57. The number of nitrogens with zero attached hydrogens (tertiary/aromatic N) is 2. The lowest BCUT2D eigenvalue weighted by Crippen LogP contribution is -2.44. The monoisotopic (exact) mass is 585 g/mol. The summed E-state index contributed by atoms with van der Waals surface area (Å²) in [5.74, 6) is 0.412. The van der Waals surface area contributed by atoms with Gasteiger partial charge in [0, 0.05) is 57.1 Å². The third-order valence-corrected chi connectivity index (χ3v) is 8.98. The molecule has 0 radical (unpaired) electrons. The minimum absolute atomic E-state index is 0.0640. The van der Waals surface area contributed by atoms with Gasteiger partial charge in [0.15, 0.2) is 0 Å². The van der Waals surface area contributed by atoms with Crippen molar-refractivity contribution in [3.63, 3.8) is 0 Å². The molecule has 3 aliphatic rings. The summed E-state index contributed by atoms with van der Waals surface area (Å²) in [5, 5.41) is 13.7. The van der Waals surface area contributed by atoms with Gasteiger partial charge in [-0.1, -0.05) is 0 Å². The topological polar surface area (TPSA) is 102 Å². The highest BCUT2D eigenvalue weighted by molar-refractivity contribution is 5.76. The molecule has 0 aliphatic carbocycles. The van der Waals surface area contributed by atoms with E-state index in [0.29, 0.717) is 37.2 Å². The highest BCUT2D eigenvalue weighted by atomic mass is 19.1. The normalized spacial score (nSPS) is 21.4. The zero-order chi connectivity index (χ0) is 29.9. The summed E-state index contributed by atoms with van der Waals surface area (Å²) in [4.78, 5) is 19.3. The molecule has 0 bridgehead atoms. The van der Waals surface area contributed by atoms with Gasteiger partial charge in [-0.3, -0.25) is 9.69 Å². The fourth-order valence-corrected chi connectivity index (χ4v) is 6.39. The van der Waals surface area contributed by atoms with Gasteiger partial charge in [-0.25, -0.2) is 9.37 Å². The van der Waals surface area contributed by atoms with Crippen molar-refractivity contribution in [3.8, 4) is 5.75 Å². The van der Waals surface area contributed by atoms with Gasteiger partial charge in [-0.2, -0.15) is 0 Å². The number of hydrogen-bond acceptors (Lipinski definition) is 8. The molecule has 0 saturated carbocycles. The third-order valence-electron chi connectivity index (χ3n) is 8.98. The van der Waals surface area contributed by atoms with Crippen LogP contribution in [0.2, 0.25) is 0 Å². The van der Waals surface area contributed by atoms with Crippen molar-refractivity contribution in [2.24, 2.45) is 0 Å². The molecule has 0 spiro atoms. The molecule has 3 aliphatic heterocycles. The van der Waals surface area contributed by atoms with Crippen LogP contribution in [0, 0.1) is 5.82 Å². The molecule has 42 heavy (non-hydrogen) atoms. The number of fused-ring (bicyclic) bond motifs is 2. The number of methoxy groups -OCH3 is 2. The van der Waals surface area contributed by atoms with E-state index in [0.717, 1.165) is 73.5 Å². The van der Waals surface area contributed by atoms with Gasteiger partial charge in [-0.05, 0) is 81.2 Å². The molecule has 5 rings (SSSR count). The highest BCUT2D eigenvalue weighted by Crippen LogP contribution is 2.37. The van der Waals surface area contributed by atoms with Crippen LogP contribution in [0.4, 0.5) is 10.2 Å². The second kappa shape index (κ2) is 13.2. The van der Waals surface area contributed by atoms with Crippen LogP contribution in [0.25, 0.3) is 0 Å². The smallest absolute Gasteiger partial charge is 0.325 e. The first-order valence-corrected chi connectivity index (χ1v) is 15.1. The maximum atomic E-state index is 14.7. The van der Waals surface area contributed by atoms with Crippen LogP contribution in [-0.2, 0) is 44.9 Å². The fraction of sp³-hybridized carbons (Fsp3) is 0.625. The second-order valence-corrected chi connectivity index (χ2v) is 12.1. The molecule has 0 amide bonds. The number of carbonyl (C=O) groups is 1. The van der Waals surface area contributed by atoms with Crippen molar-refractivity contribution in [3.05, 3.63) is 52.0 Å². The molecular formula is C32H44FN3O6. The number of hydrogen-bond donors (Lipinski definition) is 2. The van der Waals surface area contributed by atoms with Gasteiger partial charge >= 0.3 is 5.97 Å². The van der Waals surface area contributed by atoms with Gasteiger partial charge in [0.25, 0.3) is 0 Å². The maximum Gasteiger partial charge on any atom is 0.325 e. The molecule has 2 N–H and O–H groups in total. The van der Waals surface area contributed by atoms with Gasteiger partial charge in [0.2, 0.25) is 0 Å². The number of nitrogens with one attached hydrogen (secondary N) is 1. The first-order chi connectivity index (χ1) is 20.2. The summed E-state index contributed by atoms with van der Waals surface area (Å²) < 4.78 is 38.1. The van der Waals surface area contributed by atoms with Crippen LogP contribution in [0.5, 0.6) is 5.75 Å². The lowest BCUT2D eigenvalue weighted by Gasteiger charge is -2.38. The van der Waals surface area contributed by atoms with Gasteiger partial charge in [0.05, 0.1) is 31.5 Å². The number of aromatic nitrogens is 1. The molecule has 1 aromatic carbocycles. The molecule has 2 aromatic rings. The van der Waals surface area contributed by atoms with E-state index in [1.165, 1.54) is 12.1 Å². The van der Waals surface area contributed by atoms with Crippen LogP contribution in [0.3, 0.4) is 0 Å². The van der Waals surface area contributed by atoms with Crippen molar-refractivity contribution in [2.45, 2.75) is 89.3 Å². The van der Waals surface area contributed by atoms with Gasteiger partial charge in [0.1, 0.15) is 23.4 Å². The van der Waals surface area contributed by atoms with E-state index < -0.39 is 23.4 Å². The van der Waals surface area contributed by atoms with Crippen LogP contribution in [-0.4, -0.2) is 79.2 Å². The van der Waals surface area contributed by atoms with Gasteiger partial charge in [-0.15, -0.1) is 0 Å². The van der Waals surface area contributed by atoms with E-state index in [4.69, 9.17) is 23.9 Å². The lowest BCUT2D eigenvalue weighted by molar-refractivity contribution is -0.143. The maximum absolute atomic E-state index is 14.7. The predicted molar refractivity (Wildman–Crippen MR) is 157 cm³/mol. The first-order valence-electron chi connectivity index (χ1n) is 15.1. The highest BCUT2D eigenvalue weighted by Gasteiger charge is 2.40. The summed E-state index contributed by atoms with van der Waals surface area (Å²) >= 11 is 0. The standard InChI is InChI=1S/C32H44FN3O6/c1-32(2,40-4)28-17-25-20(19-42-28)14-21(33)15-26(25)29(31(37)38)36-12-10-23(18-36)41-13-6-5-8-22-16-27(39-3)24-9-7-11-34-30(24)35-22/h14-16,23,28-29H,5-13,17-19H2,1-4H3,(H,34,35)(H,37,38). The van der Waals surface area contributed by atoms with E-state index >= 15 is 0 Å². The molecular weight excluding hydrogens is 541 g/mol. The van der Waals surface area contributed by atoms with E-state index in [1.54, 1.807) is 14.2 Å². The molecule has 9 nitrogen and oxygen atoms in total. The molecule has 1 saturated heterocycles. The minimum Gasteiger partial charge on any atom is -0.496 e. The van der Waals surface area contributed by atoms with E-state index in [9.17, 15) is 14.3 Å². The Labute approximate surface area is 247 Å². The largest absolute Gasteiger partial charge is 0.496 e. The quantitative estimate of drug-likeness (QED) is 0.344. The number of ether oxygens (including phenoxy) is 4. The van der Waals surface area contributed by atoms with E-state index in [2.05, 4.69) is 5.32 Å². The number of unbranched alkanes of at least 4 members (excludes halogenated alkanes) is 1. The summed E-state index contributed by atoms with van der Waals surface area (Å²) in [5.41, 5.74) is 3.66. The Morgan fingerprint density at radius 1 is 1.26 bits per heavy atom. The van der Waals surface area contributed by atoms with Crippen molar-refractivity contribution < 1.29 is 33.2 Å². The van der Waals surface area contributed by atoms with Crippen LogP contribution < -0.4 is 10.1 Å². The number of anilines is 1. The molecule has 1 fully saturated rings. The number of carboxylic acid groups (broad SMARTS) is 1. The number of benzene rings is 1. The minimum atomic E-state index is -0.986. The van der Waals surface area contributed by atoms with Crippen molar-refractivity contribution >= 4 is 11.8 Å². The van der Waals surface area contributed by atoms with E-state index in [-0.39, 0.29) is 18.8 Å². The zero-order valence-corrected chi connectivity index (χ0v) is 25.2. The number of likely N-dealkylation sites (tertiary alicyclic amines) is 1. The lowest BCUT2D eigenvalue weighted by atomic mass is 9.85. The number of aryl methyl sites for hydroxylation is 1. The Hall–Kier alpha value is -2.79. The van der Waals surface area contributed by atoms with E-state index in [1.807, 2.05) is 24.8 Å². The zero-order valence-electron chi connectivity index (χ0n) is 25.2. The Morgan fingerprint density at radius 2 is 2.10 bits per heavy atom. The number of rotatable bonds is 12. The molecule has 230 valence electrons. The molecule has 10 heteroatoms. The van der Waals surface area contributed by atoms with Crippen molar-refractivity contribution in [1.29, 1.82) is 0 Å². The Morgan fingerprint density at radius 3 is 2.86 bits per heavy atom. The van der Waals surface area contributed by atoms with Gasteiger partial charge < -0.3 is 29.4 Å². The van der Waals surface area contributed by atoms with Crippen LogP contribution >= 0.6 is 0 Å². The molecule has 3 unspecified atom stereocenters. The Kier molecular flexibility index (Phi) is 9.67. The first kappa shape index (κ1) is 30.7. The summed E-state index contributed by atoms with van der Waals surface area (Å²) in [7, 11) is 3.34. The predicted octanol–water partition coefficient (Wildman–Crippen LogP) is 4.69. The van der Waals surface area contributed by atoms with Crippen molar-refractivity contribution in [2.75, 3.05) is 45.8 Å². The second-order valence-electron chi connectivity index (χ2n) is 12.1. The third kappa shape index (κ3) is 6.72. The average molecular weight is 586 g/mol. The number of carboxylic acids is 1. The number of pyridine rings is 1. The summed E-state index contributed by atoms with van der Waals surface area (Å²) in [6.45, 7) is 6.70. The average Bonchev–Trinajstić information content (AvgIpc) is 3.44. The Balaban J connectivity index is 1.17. The van der Waals surface area contributed by atoms with Crippen molar-refractivity contribution in [1.82, 2.24) is 9.88 Å².